The van der Waals surface area contributed by atoms with Crippen molar-refractivity contribution >= 4 is 31.2 Å². The minimum atomic E-state index is -4.16. The van der Waals surface area contributed by atoms with Crippen LogP contribution >= 0.6 is 7.37 Å². The standard InChI is InChI=1S/C42H51N4O7P/c1-30(2)24-37(40(49)44-36(38(43)47)26-32-18-10-5-11-19-32)45-39(48)35(25-31-16-8-4-9-17-31)29-54(52,53-3)42(46-41(50)51,27-33-20-12-6-13-21-33)28-34-22-14-7-15-23-34/h4-23,30,35-37,46H,24-29H2,1-3H3,(H2,43,47)(H,44,49)(H,45,48)(H,50,51)/t35?,36-,37+,54?/m1/s1. The third-order valence-corrected chi connectivity index (χ3v) is 12.6. The molecule has 4 atom stereocenters. The Morgan fingerprint density at radius 3 is 1.52 bits per heavy atom. The number of hydrogen-bond donors (Lipinski definition) is 5. The summed E-state index contributed by atoms with van der Waals surface area (Å²) < 4.78 is 21.5. The van der Waals surface area contributed by atoms with Crippen LogP contribution in [0.1, 0.15) is 42.5 Å². The van der Waals surface area contributed by atoms with Gasteiger partial charge in [-0.25, -0.2) is 4.79 Å². The summed E-state index contributed by atoms with van der Waals surface area (Å²) in [5.74, 6) is -2.94. The Kier molecular flexibility index (Phi) is 15.2. The number of rotatable bonds is 20. The maximum atomic E-state index is 15.6. The third kappa shape index (κ3) is 11.9. The molecule has 0 aliphatic heterocycles. The predicted octanol–water partition coefficient (Wildman–Crippen LogP) is 5.96. The molecule has 2 unspecified atom stereocenters. The molecule has 4 aromatic carbocycles. The number of carbonyl (C=O) groups excluding carboxylic acids is 3. The number of carbonyl (C=O) groups is 4. The second-order valence-corrected chi connectivity index (χ2v) is 17.0. The van der Waals surface area contributed by atoms with Gasteiger partial charge in [0.2, 0.25) is 25.1 Å². The summed E-state index contributed by atoms with van der Waals surface area (Å²) in [7, 11) is -2.88. The number of primary amides is 1. The van der Waals surface area contributed by atoms with Crippen molar-refractivity contribution < 1.29 is 33.4 Å². The Morgan fingerprint density at radius 2 is 1.11 bits per heavy atom. The molecule has 286 valence electrons. The minimum Gasteiger partial charge on any atom is -0.465 e. The molecule has 0 radical (unpaired) electrons. The Balaban J connectivity index is 1.73. The predicted molar refractivity (Wildman–Crippen MR) is 210 cm³/mol. The molecule has 0 aromatic heterocycles. The van der Waals surface area contributed by atoms with Gasteiger partial charge in [0.25, 0.3) is 0 Å². The van der Waals surface area contributed by atoms with E-state index < -0.39 is 54.5 Å². The largest absolute Gasteiger partial charge is 0.465 e. The van der Waals surface area contributed by atoms with Crippen molar-refractivity contribution in [3.8, 4) is 0 Å². The van der Waals surface area contributed by atoms with Gasteiger partial charge >= 0.3 is 6.09 Å². The van der Waals surface area contributed by atoms with Gasteiger partial charge in [-0.15, -0.1) is 0 Å². The van der Waals surface area contributed by atoms with E-state index in [1.807, 2.05) is 135 Å². The van der Waals surface area contributed by atoms with Crippen LogP contribution in [0.5, 0.6) is 0 Å². The van der Waals surface area contributed by atoms with Gasteiger partial charge in [-0.2, -0.15) is 0 Å². The Bertz CT molecular complexity index is 1820. The van der Waals surface area contributed by atoms with Crippen LogP contribution in [-0.4, -0.2) is 59.6 Å². The van der Waals surface area contributed by atoms with Crippen molar-refractivity contribution in [1.82, 2.24) is 16.0 Å². The molecule has 0 aliphatic rings. The highest BCUT2D eigenvalue weighted by Crippen LogP contribution is 2.61. The second kappa shape index (κ2) is 19.7. The first-order valence-electron chi connectivity index (χ1n) is 18.0. The molecule has 54 heavy (non-hydrogen) atoms. The first-order chi connectivity index (χ1) is 25.8. The molecule has 4 amide bonds. The van der Waals surface area contributed by atoms with Crippen LogP contribution in [0.3, 0.4) is 0 Å². The Labute approximate surface area is 317 Å². The zero-order chi connectivity index (χ0) is 39.1. The monoisotopic (exact) mass is 754 g/mol. The van der Waals surface area contributed by atoms with Crippen molar-refractivity contribution in [3.05, 3.63) is 144 Å². The lowest BCUT2D eigenvalue weighted by Gasteiger charge is -2.41. The van der Waals surface area contributed by atoms with Crippen LogP contribution in [-0.2, 0) is 49.2 Å². The van der Waals surface area contributed by atoms with E-state index in [2.05, 4.69) is 16.0 Å². The molecule has 0 fully saturated rings. The highest BCUT2D eigenvalue weighted by molar-refractivity contribution is 7.60. The van der Waals surface area contributed by atoms with Crippen molar-refractivity contribution in [2.45, 2.75) is 63.3 Å². The first-order valence-corrected chi connectivity index (χ1v) is 19.9. The molecule has 12 heteroatoms. The van der Waals surface area contributed by atoms with Gasteiger partial charge in [0.1, 0.15) is 17.4 Å². The highest BCUT2D eigenvalue weighted by atomic mass is 31.2. The summed E-state index contributed by atoms with van der Waals surface area (Å²) >= 11 is 0. The van der Waals surface area contributed by atoms with Crippen LogP contribution < -0.4 is 21.7 Å². The first kappa shape index (κ1) is 41.5. The average Bonchev–Trinajstić information content (AvgIpc) is 3.15. The molecule has 6 N–H and O–H groups in total. The van der Waals surface area contributed by atoms with Gasteiger partial charge in [0.05, 0.1) is 5.92 Å². The topological polar surface area (TPSA) is 177 Å². The summed E-state index contributed by atoms with van der Waals surface area (Å²) in [5, 5.41) is 16.8. The van der Waals surface area contributed by atoms with E-state index in [1.54, 1.807) is 0 Å². The zero-order valence-electron chi connectivity index (χ0n) is 31.0. The van der Waals surface area contributed by atoms with Crippen LogP contribution in [0, 0.1) is 11.8 Å². The van der Waals surface area contributed by atoms with E-state index in [9.17, 15) is 24.3 Å². The maximum Gasteiger partial charge on any atom is 0.405 e. The van der Waals surface area contributed by atoms with Gasteiger partial charge < -0.3 is 31.3 Å². The number of amides is 4. The Morgan fingerprint density at radius 1 is 0.685 bits per heavy atom. The van der Waals surface area contributed by atoms with Gasteiger partial charge in [-0.05, 0) is 41.0 Å². The number of benzene rings is 4. The minimum absolute atomic E-state index is 0.00806. The van der Waals surface area contributed by atoms with E-state index in [0.717, 1.165) is 22.3 Å². The summed E-state index contributed by atoms with van der Waals surface area (Å²) in [6, 6.07) is 34.4. The summed E-state index contributed by atoms with van der Waals surface area (Å²) in [4.78, 5) is 53.4. The lowest BCUT2D eigenvalue weighted by atomic mass is 9.97. The Hall–Kier alpha value is -5.25. The molecular weight excluding hydrogens is 703 g/mol. The zero-order valence-corrected chi connectivity index (χ0v) is 31.9. The third-order valence-electron chi connectivity index (χ3n) is 9.40. The number of hydrogen-bond acceptors (Lipinski definition) is 6. The molecule has 0 heterocycles. The smallest absolute Gasteiger partial charge is 0.405 e. The molecule has 0 aliphatic carbocycles. The van der Waals surface area contributed by atoms with Gasteiger partial charge in [-0.3, -0.25) is 18.9 Å². The molecule has 4 aromatic rings. The van der Waals surface area contributed by atoms with Crippen LogP contribution in [0.2, 0.25) is 0 Å². The van der Waals surface area contributed by atoms with E-state index >= 15 is 4.57 Å². The molecule has 4 rings (SSSR count). The van der Waals surface area contributed by atoms with Crippen LogP contribution in [0.15, 0.2) is 121 Å². The van der Waals surface area contributed by atoms with Crippen molar-refractivity contribution in [2.24, 2.45) is 17.6 Å². The summed E-state index contributed by atoms with van der Waals surface area (Å²) in [5.41, 5.74) is 8.71. The molecular formula is C42H51N4O7P. The summed E-state index contributed by atoms with van der Waals surface area (Å²) in [6.45, 7) is 3.81. The number of nitrogens with two attached hydrogens (primary N) is 1. The summed E-state index contributed by atoms with van der Waals surface area (Å²) in [6.07, 6.45) is -1.20. The van der Waals surface area contributed by atoms with Crippen molar-refractivity contribution in [2.75, 3.05) is 13.3 Å². The van der Waals surface area contributed by atoms with Crippen molar-refractivity contribution in [1.29, 1.82) is 0 Å². The molecule has 0 spiro atoms. The fourth-order valence-corrected chi connectivity index (χ4v) is 9.57. The lowest BCUT2D eigenvalue weighted by molar-refractivity contribution is -0.132. The van der Waals surface area contributed by atoms with E-state index in [4.69, 9.17) is 10.3 Å². The normalized spacial score (nSPS) is 14.2. The van der Waals surface area contributed by atoms with Gasteiger partial charge in [-0.1, -0.05) is 135 Å². The van der Waals surface area contributed by atoms with E-state index in [1.165, 1.54) is 7.11 Å². The molecule has 0 saturated heterocycles. The molecule has 11 nitrogen and oxygen atoms in total. The molecule has 0 bridgehead atoms. The second-order valence-electron chi connectivity index (χ2n) is 14.1. The number of carboxylic acid groups (broad SMARTS) is 1. The highest BCUT2D eigenvalue weighted by Gasteiger charge is 2.52. The van der Waals surface area contributed by atoms with Gasteiger partial charge in [0, 0.05) is 32.5 Å². The average molecular weight is 755 g/mol. The van der Waals surface area contributed by atoms with Crippen LogP contribution in [0.25, 0.3) is 0 Å². The molecule has 0 saturated carbocycles. The lowest BCUT2D eigenvalue weighted by Crippen LogP contribution is -2.55. The fraction of sp³-hybridized carbons (Fsp3) is 0.333. The van der Waals surface area contributed by atoms with E-state index in [-0.39, 0.29) is 44.2 Å². The maximum absolute atomic E-state index is 15.6. The fourth-order valence-electron chi connectivity index (χ4n) is 6.73. The van der Waals surface area contributed by atoms with Crippen molar-refractivity contribution in [3.63, 3.8) is 0 Å². The van der Waals surface area contributed by atoms with Gasteiger partial charge in [0.15, 0.2) is 0 Å². The van der Waals surface area contributed by atoms with Crippen LogP contribution in [0.4, 0.5) is 4.79 Å². The quantitative estimate of drug-likeness (QED) is 0.0692. The number of nitrogens with one attached hydrogen (secondary N) is 3. The SMILES string of the molecule is COP(=O)(CC(Cc1ccccc1)C(=O)N[C@@H](CC(C)C)C(=O)N[C@H](Cc1ccccc1)C(N)=O)C(Cc1ccccc1)(Cc1ccccc1)NC(=O)O. The van der Waals surface area contributed by atoms with E-state index in [0.29, 0.717) is 0 Å².